The zero-order chi connectivity index (χ0) is 23.0. The van der Waals surface area contributed by atoms with Crippen LogP contribution in [-0.4, -0.2) is 52.5 Å². The highest BCUT2D eigenvalue weighted by molar-refractivity contribution is 7.89. The summed E-state index contributed by atoms with van der Waals surface area (Å²) in [5, 5.41) is 3.12. The quantitative estimate of drug-likeness (QED) is 0.545. The first kappa shape index (κ1) is 24.5. The number of hydrogen-bond donors (Lipinski definition) is 2. The first-order chi connectivity index (χ1) is 15.4. The van der Waals surface area contributed by atoms with E-state index in [-0.39, 0.29) is 34.8 Å². The average Bonchev–Trinajstić information content (AvgIpc) is 2.80. The van der Waals surface area contributed by atoms with Crippen LogP contribution in [0.15, 0.2) is 53.4 Å². The van der Waals surface area contributed by atoms with E-state index in [1.54, 1.807) is 19.2 Å². The lowest BCUT2D eigenvalue weighted by Gasteiger charge is -2.35. The van der Waals surface area contributed by atoms with E-state index in [1.807, 2.05) is 24.3 Å². The molecule has 0 saturated carbocycles. The molecule has 1 saturated heterocycles. The Kier molecular flexibility index (Phi) is 8.92. The molecule has 0 bridgehead atoms. The fourth-order valence-corrected chi connectivity index (χ4v) is 5.40. The standard InChI is InChI=1S/C23H30ClN3O4S/c1-31-19-11-9-18(10-12-19)21(27-15-5-2-6-16-27)17-25-23(28)13-14-26-32(29,30)22-8-4-3-7-20(22)24/h3-4,7-12,21,26H,2,5-6,13-17H2,1H3,(H,25,28). The second-order valence-electron chi connectivity index (χ2n) is 7.77. The smallest absolute Gasteiger partial charge is 0.242 e. The van der Waals surface area contributed by atoms with Gasteiger partial charge in [-0.1, -0.05) is 42.3 Å². The predicted molar refractivity (Wildman–Crippen MR) is 125 cm³/mol. The van der Waals surface area contributed by atoms with Gasteiger partial charge in [0.15, 0.2) is 0 Å². The van der Waals surface area contributed by atoms with Gasteiger partial charge in [-0.25, -0.2) is 13.1 Å². The zero-order valence-corrected chi connectivity index (χ0v) is 19.8. The third kappa shape index (κ3) is 6.68. The molecule has 1 aliphatic rings. The van der Waals surface area contributed by atoms with Crippen LogP contribution < -0.4 is 14.8 Å². The van der Waals surface area contributed by atoms with Gasteiger partial charge in [-0.3, -0.25) is 9.69 Å². The van der Waals surface area contributed by atoms with E-state index in [1.165, 1.54) is 18.6 Å². The van der Waals surface area contributed by atoms with Crippen molar-refractivity contribution in [2.45, 2.75) is 36.6 Å². The Hall–Kier alpha value is -2.13. The summed E-state index contributed by atoms with van der Waals surface area (Å²) in [6, 6.07) is 14.2. The monoisotopic (exact) mass is 479 g/mol. The highest BCUT2D eigenvalue weighted by atomic mass is 35.5. The van der Waals surface area contributed by atoms with Gasteiger partial charge in [-0.05, 0) is 55.8 Å². The van der Waals surface area contributed by atoms with Gasteiger partial charge >= 0.3 is 0 Å². The molecule has 2 aromatic rings. The SMILES string of the molecule is COc1ccc(C(CNC(=O)CCNS(=O)(=O)c2ccccc2Cl)N2CCCCC2)cc1. The Balaban J connectivity index is 1.55. The van der Waals surface area contributed by atoms with E-state index in [2.05, 4.69) is 14.9 Å². The van der Waals surface area contributed by atoms with E-state index in [0.717, 1.165) is 37.2 Å². The minimum Gasteiger partial charge on any atom is -0.497 e. The van der Waals surface area contributed by atoms with Crippen molar-refractivity contribution in [2.75, 3.05) is 33.3 Å². The van der Waals surface area contributed by atoms with Gasteiger partial charge in [-0.15, -0.1) is 0 Å². The van der Waals surface area contributed by atoms with Crippen LogP contribution in [0.3, 0.4) is 0 Å². The van der Waals surface area contributed by atoms with Gasteiger partial charge in [0, 0.05) is 19.5 Å². The van der Waals surface area contributed by atoms with Crippen LogP contribution in [0.4, 0.5) is 0 Å². The number of rotatable bonds is 10. The first-order valence-corrected chi connectivity index (χ1v) is 12.7. The molecule has 0 spiro atoms. The minimum absolute atomic E-state index is 0.00366. The molecule has 2 aromatic carbocycles. The lowest BCUT2D eigenvalue weighted by molar-refractivity contribution is -0.121. The van der Waals surface area contributed by atoms with Crippen LogP contribution in [0.25, 0.3) is 0 Å². The summed E-state index contributed by atoms with van der Waals surface area (Å²) < 4.78 is 32.5. The molecule has 9 heteroatoms. The van der Waals surface area contributed by atoms with Gasteiger partial charge in [0.1, 0.15) is 10.6 Å². The van der Waals surface area contributed by atoms with Crippen LogP contribution in [-0.2, 0) is 14.8 Å². The van der Waals surface area contributed by atoms with Crippen LogP contribution >= 0.6 is 11.6 Å². The number of benzene rings is 2. The second-order valence-corrected chi connectivity index (χ2v) is 9.91. The number of piperidine rings is 1. The van der Waals surface area contributed by atoms with Crippen LogP contribution in [0.2, 0.25) is 5.02 Å². The van der Waals surface area contributed by atoms with Crippen molar-refractivity contribution in [3.05, 3.63) is 59.1 Å². The molecule has 3 rings (SSSR count). The van der Waals surface area contributed by atoms with Gasteiger partial charge in [-0.2, -0.15) is 0 Å². The lowest BCUT2D eigenvalue weighted by atomic mass is 10.0. The molecule has 1 fully saturated rings. The van der Waals surface area contributed by atoms with E-state index in [9.17, 15) is 13.2 Å². The number of carbonyl (C=O) groups is 1. The molecular formula is C23H30ClN3O4S. The molecule has 1 atom stereocenters. The molecular weight excluding hydrogens is 450 g/mol. The Morgan fingerprint density at radius 3 is 2.44 bits per heavy atom. The first-order valence-electron chi connectivity index (χ1n) is 10.8. The molecule has 0 aliphatic carbocycles. The van der Waals surface area contributed by atoms with Crippen molar-refractivity contribution >= 4 is 27.5 Å². The fraction of sp³-hybridized carbons (Fsp3) is 0.435. The molecule has 1 aliphatic heterocycles. The van der Waals surface area contributed by atoms with E-state index >= 15 is 0 Å². The van der Waals surface area contributed by atoms with E-state index in [0.29, 0.717) is 6.54 Å². The number of hydrogen-bond acceptors (Lipinski definition) is 5. The van der Waals surface area contributed by atoms with Crippen molar-refractivity contribution in [1.29, 1.82) is 0 Å². The summed E-state index contributed by atoms with van der Waals surface area (Å²) in [6.45, 7) is 2.44. The van der Waals surface area contributed by atoms with Crippen molar-refractivity contribution in [3.8, 4) is 5.75 Å². The summed E-state index contributed by atoms with van der Waals surface area (Å²) >= 11 is 5.97. The average molecular weight is 480 g/mol. The fourth-order valence-electron chi connectivity index (χ4n) is 3.85. The number of halogens is 1. The Morgan fingerprint density at radius 2 is 1.78 bits per heavy atom. The summed E-state index contributed by atoms with van der Waals surface area (Å²) in [5.74, 6) is 0.586. The largest absolute Gasteiger partial charge is 0.497 e. The molecule has 1 unspecified atom stereocenters. The molecule has 7 nitrogen and oxygen atoms in total. The molecule has 32 heavy (non-hydrogen) atoms. The predicted octanol–water partition coefficient (Wildman–Crippen LogP) is 3.36. The van der Waals surface area contributed by atoms with Crippen molar-refractivity contribution in [3.63, 3.8) is 0 Å². The maximum atomic E-state index is 12.4. The molecule has 0 radical (unpaired) electrons. The molecule has 0 aromatic heterocycles. The van der Waals surface area contributed by atoms with Crippen LogP contribution in [0.1, 0.15) is 37.3 Å². The highest BCUT2D eigenvalue weighted by Crippen LogP contribution is 2.26. The maximum Gasteiger partial charge on any atom is 0.242 e. The van der Waals surface area contributed by atoms with Gasteiger partial charge in [0.25, 0.3) is 0 Å². The summed E-state index contributed by atoms with van der Waals surface area (Å²) in [4.78, 5) is 14.8. The summed E-state index contributed by atoms with van der Waals surface area (Å²) in [5.41, 5.74) is 1.12. The summed E-state index contributed by atoms with van der Waals surface area (Å²) in [7, 11) is -2.13. The number of sulfonamides is 1. The summed E-state index contributed by atoms with van der Waals surface area (Å²) in [6.07, 6.45) is 3.55. The van der Waals surface area contributed by atoms with Crippen molar-refractivity contribution in [1.82, 2.24) is 14.9 Å². The van der Waals surface area contributed by atoms with Crippen molar-refractivity contribution in [2.24, 2.45) is 0 Å². The number of amides is 1. The van der Waals surface area contributed by atoms with Gasteiger partial charge in [0.2, 0.25) is 15.9 Å². The van der Waals surface area contributed by atoms with E-state index < -0.39 is 10.0 Å². The third-order valence-corrected chi connectivity index (χ3v) is 7.56. The lowest BCUT2D eigenvalue weighted by Crippen LogP contribution is -2.41. The Morgan fingerprint density at radius 1 is 1.09 bits per heavy atom. The minimum atomic E-state index is -3.77. The number of ether oxygens (including phenoxy) is 1. The molecule has 174 valence electrons. The van der Waals surface area contributed by atoms with Gasteiger partial charge < -0.3 is 10.1 Å². The third-order valence-electron chi connectivity index (χ3n) is 5.59. The molecule has 1 heterocycles. The normalized spacial score (nSPS) is 15.8. The molecule has 1 amide bonds. The van der Waals surface area contributed by atoms with Crippen LogP contribution in [0.5, 0.6) is 5.75 Å². The van der Waals surface area contributed by atoms with E-state index in [4.69, 9.17) is 16.3 Å². The van der Waals surface area contributed by atoms with Crippen LogP contribution in [0, 0.1) is 0 Å². The highest BCUT2D eigenvalue weighted by Gasteiger charge is 2.23. The van der Waals surface area contributed by atoms with Gasteiger partial charge in [0.05, 0.1) is 18.2 Å². The number of nitrogens with one attached hydrogen (secondary N) is 2. The topological polar surface area (TPSA) is 87.7 Å². The zero-order valence-electron chi connectivity index (χ0n) is 18.2. The number of carbonyl (C=O) groups excluding carboxylic acids is 1. The Labute approximate surface area is 195 Å². The number of methoxy groups -OCH3 is 1. The second kappa shape index (κ2) is 11.7. The number of likely N-dealkylation sites (tertiary alicyclic amines) is 1. The number of nitrogens with zero attached hydrogens (tertiary/aromatic N) is 1. The molecule has 2 N–H and O–H groups in total. The Bertz CT molecular complexity index is 993. The maximum absolute atomic E-state index is 12.4. The van der Waals surface area contributed by atoms with Crippen molar-refractivity contribution < 1.29 is 17.9 Å².